The van der Waals surface area contributed by atoms with E-state index in [0.717, 1.165) is 81.1 Å². The lowest BCUT2D eigenvalue weighted by atomic mass is 9.86. The fourth-order valence-corrected chi connectivity index (χ4v) is 6.49. The molecule has 0 radical (unpaired) electrons. The summed E-state index contributed by atoms with van der Waals surface area (Å²) in [6.07, 6.45) is 10.5. The lowest BCUT2D eigenvalue weighted by Crippen LogP contribution is -2.46. The Morgan fingerprint density at radius 3 is 2.47 bits per heavy atom. The first-order valence-corrected chi connectivity index (χ1v) is 13.3. The molecule has 2 aromatic rings. The van der Waals surface area contributed by atoms with Crippen molar-refractivity contribution in [3.05, 3.63) is 40.5 Å². The molecule has 1 N–H and O–H groups in total. The van der Waals surface area contributed by atoms with Crippen molar-refractivity contribution in [2.75, 3.05) is 50.7 Å². The van der Waals surface area contributed by atoms with Crippen molar-refractivity contribution in [1.82, 2.24) is 19.8 Å². The average Bonchev–Trinajstić information content (AvgIpc) is 3.32. The van der Waals surface area contributed by atoms with Gasteiger partial charge >= 0.3 is 0 Å². The van der Waals surface area contributed by atoms with Gasteiger partial charge in [-0.1, -0.05) is 25.3 Å². The molecule has 0 unspecified atom stereocenters. The van der Waals surface area contributed by atoms with E-state index in [-0.39, 0.29) is 0 Å². The van der Waals surface area contributed by atoms with Crippen LogP contribution in [0, 0.1) is 5.92 Å². The SMILES string of the molecule is OC1(c2csc(CN3CCN(c4ccccn4)CC3)n2)CCN(CC2CCCCC2)CC1. The molecule has 174 valence electrons. The second kappa shape index (κ2) is 10.2. The maximum absolute atomic E-state index is 11.3. The van der Waals surface area contributed by atoms with Gasteiger partial charge in [-0.05, 0) is 43.7 Å². The van der Waals surface area contributed by atoms with Gasteiger partial charge in [-0.25, -0.2) is 9.97 Å². The molecule has 5 rings (SSSR count). The first-order chi connectivity index (χ1) is 15.7. The van der Waals surface area contributed by atoms with Crippen molar-refractivity contribution >= 4 is 17.2 Å². The third-order valence-electron chi connectivity index (χ3n) is 7.66. The summed E-state index contributed by atoms with van der Waals surface area (Å²) in [5, 5.41) is 14.6. The zero-order chi connectivity index (χ0) is 21.8. The van der Waals surface area contributed by atoms with Gasteiger partial charge in [0.05, 0.1) is 12.2 Å². The molecule has 3 fully saturated rings. The van der Waals surface area contributed by atoms with Gasteiger partial charge in [0.25, 0.3) is 0 Å². The van der Waals surface area contributed by atoms with Crippen LogP contribution in [-0.2, 0) is 12.1 Å². The molecule has 1 saturated carbocycles. The Morgan fingerprint density at radius 2 is 1.75 bits per heavy atom. The normalized spacial score (nSPS) is 23.5. The highest BCUT2D eigenvalue weighted by Crippen LogP contribution is 2.35. The minimum Gasteiger partial charge on any atom is -0.383 e. The van der Waals surface area contributed by atoms with Gasteiger partial charge in [0.1, 0.15) is 16.4 Å². The second-order valence-electron chi connectivity index (χ2n) is 9.91. The van der Waals surface area contributed by atoms with E-state index in [0.29, 0.717) is 0 Å². The van der Waals surface area contributed by atoms with Crippen molar-refractivity contribution in [3.63, 3.8) is 0 Å². The molecular formula is C25H37N5OS. The average molecular weight is 456 g/mol. The van der Waals surface area contributed by atoms with Crippen molar-refractivity contribution in [2.45, 2.75) is 57.1 Å². The smallest absolute Gasteiger partial charge is 0.128 e. The summed E-state index contributed by atoms with van der Waals surface area (Å²) in [7, 11) is 0. The Hall–Kier alpha value is -1.54. The molecule has 3 aliphatic rings. The predicted octanol–water partition coefficient (Wildman–Crippen LogP) is 3.72. The molecule has 7 heteroatoms. The topological polar surface area (TPSA) is 55.7 Å². The molecule has 0 aromatic carbocycles. The summed E-state index contributed by atoms with van der Waals surface area (Å²) >= 11 is 1.71. The molecule has 0 bridgehead atoms. The van der Waals surface area contributed by atoms with E-state index in [1.54, 1.807) is 11.3 Å². The van der Waals surface area contributed by atoms with Crippen LogP contribution in [-0.4, -0.2) is 70.7 Å². The highest BCUT2D eigenvalue weighted by molar-refractivity contribution is 7.09. The molecular weight excluding hydrogens is 418 g/mol. The van der Waals surface area contributed by atoms with Crippen LogP contribution in [0.4, 0.5) is 5.82 Å². The van der Waals surface area contributed by atoms with Crippen LogP contribution < -0.4 is 4.90 Å². The van der Waals surface area contributed by atoms with E-state index in [4.69, 9.17) is 4.98 Å². The monoisotopic (exact) mass is 455 g/mol. The Bertz CT molecular complexity index is 837. The van der Waals surface area contributed by atoms with E-state index in [2.05, 4.69) is 37.2 Å². The predicted molar refractivity (Wildman–Crippen MR) is 130 cm³/mol. The highest BCUT2D eigenvalue weighted by atomic mass is 32.1. The maximum Gasteiger partial charge on any atom is 0.128 e. The van der Waals surface area contributed by atoms with Gasteiger partial charge in [0.15, 0.2) is 0 Å². The Labute approximate surface area is 196 Å². The quantitative estimate of drug-likeness (QED) is 0.716. The summed E-state index contributed by atoms with van der Waals surface area (Å²) in [4.78, 5) is 16.8. The van der Waals surface area contributed by atoms with Crippen LogP contribution in [0.3, 0.4) is 0 Å². The van der Waals surface area contributed by atoms with Crippen molar-refractivity contribution < 1.29 is 5.11 Å². The Morgan fingerprint density at radius 1 is 0.969 bits per heavy atom. The molecule has 0 spiro atoms. The van der Waals surface area contributed by atoms with Crippen LogP contribution in [0.2, 0.25) is 0 Å². The number of pyridine rings is 1. The lowest BCUT2D eigenvalue weighted by molar-refractivity contribution is -0.0327. The van der Waals surface area contributed by atoms with E-state index in [9.17, 15) is 5.11 Å². The fourth-order valence-electron chi connectivity index (χ4n) is 5.56. The van der Waals surface area contributed by atoms with Crippen LogP contribution in [0.1, 0.15) is 55.6 Å². The van der Waals surface area contributed by atoms with Gasteiger partial charge in [0, 0.05) is 57.4 Å². The van der Waals surface area contributed by atoms with E-state index >= 15 is 0 Å². The number of likely N-dealkylation sites (tertiary alicyclic amines) is 1. The van der Waals surface area contributed by atoms with E-state index < -0.39 is 5.60 Å². The summed E-state index contributed by atoms with van der Waals surface area (Å²) in [6.45, 7) is 8.13. The number of piperidine rings is 1. The standard InChI is InChI=1S/C25H37N5OS/c31-25(9-12-28(13-10-25)18-21-6-2-1-3-7-21)22-20-32-24(27-22)19-29-14-16-30(17-15-29)23-8-4-5-11-26-23/h4-5,8,11,20-21,31H,1-3,6-7,9-10,12-19H2. The largest absolute Gasteiger partial charge is 0.383 e. The maximum atomic E-state index is 11.3. The minimum atomic E-state index is -0.741. The molecule has 0 amide bonds. The van der Waals surface area contributed by atoms with E-state index in [1.807, 2.05) is 12.3 Å². The molecule has 4 heterocycles. The number of hydrogen-bond acceptors (Lipinski definition) is 7. The van der Waals surface area contributed by atoms with Gasteiger partial charge in [0.2, 0.25) is 0 Å². The summed E-state index contributed by atoms with van der Waals surface area (Å²) in [5.41, 5.74) is 0.164. The third kappa shape index (κ3) is 5.33. The first-order valence-electron chi connectivity index (χ1n) is 12.5. The van der Waals surface area contributed by atoms with Crippen LogP contribution in [0.5, 0.6) is 0 Å². The lowest BCUT2D eigenvalue weighted by Gasteiger charge is -2.39. The number of rotatable bonds is 6. The second-order valence-corrected chi connectivity index (χ2v) is 10.9. The minimum absolute atomic E-state index is 0.741. The van der Waals surface area contributed by atoms with Gasteiger partial charge in [-0.3, -0.25) is 4.90 Å². The summed E-state index contributed by atoms with van der Waals surface area (Å²) in [5.74, 6) is 1.94. The van der Waals surface area contributed by atoms with Crippen LogP contribution >= 0.6 is 11.3 Å². The van der Waals surface area contributed by atoms with Crippen LogP contribution in [0.25, 0.3) is 0 Å². The fraction of sp³-hybridized carbons (Fsp3) is 0.680. The van der Waals surface area contributed by atoms with Gasteiger partial charge < -0.3 is 14.9 Å². The van der Waals surface area contributed by atoms with Crippen molar-refractivity contribution in [3.8, 4) is 0 Å². The van der Waals surface area contributed by atoms with Gasteiger partial charge in [-0.15, -0.1) is 11.3 Å². The molecule has 1 aliphatic carbocycles. The number of piperazine rings is 1. The number of hydrogen-bond donors (Lipinski definition) is 1. The van der Waals surface area contributed by atoms with Crippen LogP contribution in [0.15, 0.2) is 29.8 Å². The van der Waals surface area contributed by atoms with E-state index in [1.165, 1.54) is 38.6 Å². The molecule has 6 nitrogen and oxygen atoms in total. The highest BCUT2D eigenvalue weighted by Gasteiger charge is 2.36. The third-order valence-corrected chi connectivity index (χ3v) is 8.49. The molecule has 32 heavy (non-hydrogen) atoms. The zero-order valence-electron chi connectivity index (χ0n) is 19.2. The molecule has 2 aliphatic heterocycles. The summed E-state index contributed by atoms with van der Waals surface area (Å²) < 4.78 is 0. The summed E-state index contributed by atoms with van der Waals surface area (Å²) in [6, 6.07) is 6.11. The molecule has 2 aromatic heterocycles. The number of aromatic nitrogens is 2. The van der Waals surface area contributed by atoms with Crippen molar-refractivity contribution in [1.29, 1.82) is 0 Å². The van der Waals surface area contributed by atoms with Crippen molar-refractivity contribution in [2.24, 2.45) is 5.92 Å². The first kappa shape index (κ1) is 22.3. The number of anilines is 1. The Kier molecular flexibility index (Phi) is 7.07. The number of thiazole rings is 1. The molecule has 0 atom stereocenters. The number of nitrogens with zero attached hydrogens (tertiary/aromatic N) is 5. The molecule has 2 saturated heterocycles. The Balaban J connectivity index is 1.10. The number of aliphatic hydroxyl groups is 1. The van der Waals surface area contributed by atoms with Gasteiger partial charge in [-0.2, -0.15) is 0 Å². The zero-order valence-corrected chi connectivity index (χ0v) is 20.0.